The predicted octanol–water partition coefficient (Wildman–Crippen LogP) is 3.16. The summed E-state index contributed by atoms with van der Waals surface area (Å²) in [5, 5.41) is 11.5. The summed E-state index contributed by atoms with van der Waals surface area (Å²) in [4.78, 5) is 29.2. The molecule has 0 saturated heterocycles. The first kappa shape index (κ1) is 15.0. The molecule has 0 aliphatic heterocycles. The van der Waals surface area contributed by atoms with Gasteiger partial charge in [0.1, 0.15) is 5.75 Å². The molecule has 0 fully saturated rings. The van der Waals surface area contributed by atoms with E-state index in [1.54, 1.807) is 24.3 Å². The Bertz CT molecular complexity index is 984. The van der Waals surface area contributed by atoms with Gasteiger partial charge in [-0.25, -0.2) is 4.98 Å². The zero-order valence-electron chi connectivity index (χ0n) is 11.9. The van der Waals surface area contributed by atoms with Crippen LogP contribution >= 0.6 is 11.6 Å². The van der Waals surface area contributed by atoms with Crippen molar-refractivity contribution in [3.05, 3.63) is 62.1 Å². The van der Waals surface area contributed by atoms with Gasteiger partial charge in [-0.15, -0.1) is 0 Å². The van der Waals surface area contributed by atoms with Crippen LogP contribution in [0.25, 0.3) is 22.0 Å². The van der Waals surface area contributed by atoms with E-state index in [0.29, 0.717) is 11.3 Å². The highest BCUT2D eigenvalue weighted by Crippen LogP contribution is 2.37. The Morgan fingerprint density at radius 1 is 1.26 bits per heavy atom. The van der Waals surface area contributed by atoms with Gasteiger partial charge in [-0.3, -0.25) is 19.9 Å². The van der Waals surface area contributed by atoms with E-state index in [4.69, 9.17) is 16.3 Å². The summed E-state index contributed by atoms with van der Waals surface area (Å²) in [6.07, 6.45) is 0. The van der Waals surface area contributed by atoms with Crippen LogP contribution < -0.4 is 10.3 Å². The average molecular weight is 332 g/mol. The maximum Gasteiger partial charge on any atom is 0.279 e. The number of nitro benzene ring substituents is 1. The molecule has 23 heavy (non-hydrogen) atoms. The molecule has 0 amide bonds. The molecule has 3 rings (SSSR count). The van der Waals surface area contributed by atoms with Gasteiger partial charge in [0.05, 0.1) is 28.5 Å². The van der Waals surface area contributed by atoms with Crippen LogP contribution in [-0.2, 0) is 0 Å². The lowest BCUT2D eigenvalue weighted by Gasteiger charge is -2.09. The molecule has 2 aromatic carbocycles. The van der Waals surface area contributed by atoms with Crippen molar-refractivity contribution in [1.29, 1.82) is 0 Å². The van der Waals surface area contributed by atoms with Crippen molar-refractivity contribution in [3.8, 4) is 16.9 Å². The van der Waals surface area contributed by atoms with Crippen LogP contribution in [0.2, 0.25) is 5.28 Å². The molecule has 1 heterocycles. The standard InChI is InChI=1S/C15H10ClN3O4/c1-23-13-5-3-2-4-8(13)9-6-10-11(7-12(9)19(21)22)17-15(16)18-14(10)20/h2-7H,1H3,(H,17,18,20). The van der Waals surface area contributed by atoms with E-state index in [-0.39, 0.29) is 27.4 Å². The quantitative estimate of drug-likeness (QED) is 0.451. The number of nitrogens with one attached hydrogen (secondary N) is 1. The largest absolute Gasteiger partial charge is 0.496 e. The van der Waals surface area contributed by atoms with Gasteiger partial charge in [0.25, 0.3) is 11.2 Å². The molecule has 0 aliphatic rings. The summed E-state index contributed by atoms with van der Waals surface area (Å²) in [6, 6.07) is 9.52. The van der Waals surface area contributed by atoms with E-state index in [9.17, 15) is 14.9 Å². The third-order valence-electron chi connectivity index (χ3n) is 3.39. The molecule has 0 atom stereocenters. The zero-order chi connectivity index (χ0) is 16.6. The van der Waals surface area contributed by atoms with Crippen molar-refractivity contribution >= 4 is 28.2 Å². The molecule has 0 bridgehead atoms. The van der Waals surface area contributed by atoms with E-state index in [1.807, 2.05) is 0 Å². The smallest absolute Gasteiger partial charge is 0.279 e. The molecular formula is C15H10ClN3O4. The summed E-state index contributed by atoms with van der Waals surface area (Å²) < 4.78 is 5.25. The Morgan fingerprint density at radius 2 is 2.00 bits per heavy atom. The third-order valence-corrected chi connectivity index (χ3v) is 3.57. The van der Waals surface area contributed by atoms with Gasteiger partial charge in [-0.2, -0.15) is 0 Å². The van der Waals surface area contributed by atoms with Crippen LogP contribution in [0, 0.1) is 10.1 Å². The molecule has 7 nitrogen and oxygen atoms in total. The highest BCUT2D eigenvalue weighted by Gasteiger charge is 2.21. The summed E-state index contributed by atoms with van der Waals surface area (Å²) in [7, 11) is 1.47. The highest BCUT2D eigenvalue weighted by atomic mass is 35.5. The topological polar surface area (TPSA) is 98.1 Å². The molecule has 8 heteroatoms. The number of halogens is 1. The second-order valence-corrected chi connectivity index (χ2v) is 5.06. The molecule has 0 unspecified atom stereocenters. The van der Waals surface area contributed by atoms with Gasteiger partial charge < -0.3 is 4.74 Å². The Kier molecular flexibility index (Phi) is 3.71. The van der Waals surface area contributed by atoms with E-state index >= 15 is 0 Å². The molecule has 1 aromatic heterocycles. The molecule has 0 saturated carbocycles. The fourth-order valence-corrected chi connectivity index (χ4v) is 2.56. The number of nitrogens with zero attached hydrogens (tertiary/aromatic N) is 2. The third kappa shape index (κ3) is 2.62. The SMILES string of the molecule is COc1ccccc1-c1cc2c(=O)[nH]c(Cl)nc2cc1[N+](=O)[O-]. The second-order valence-electron chi connectivity index (χ2n) is 4.70. The number of rotatable bonds is 3. The number of ether oxygens (including phenoxy) is 1. The summed E-state index contributed by atoms with van der Waals surface area (Å²) in [5.74, 6) is 0.466. The van der Waals surface area contributed by atoms with Crippen molar-refractivity contribution in [3.63, 3.8) is 0 Å². The zero-order valence-corrected chi connectivity index (χ0v) is 12.6. The fourth-order valence-electron chi connectivity index (χ4n) is 2.38. The summed E-state index contributed by atoms with van der Waals surface area (Å²) in [5.41, 5.74) is 0.291. The maximum atomic E-state index is 12.0. The number of methoxy groups -OCH3 is 1. The molecular weight excluding hydrogens is 322 g/mol. The molecule has 0 spiro atoms. The van der Waals surface area contributed by atoms with Gasteiger partial charge in [0.2, 0.25) is 5.28 Å². The first-order chi connectivity index (χ1) is 11.0. The van der Waals surface area contributed by atoms with E-state index in [1.165, 1.54) is 19.2 Å². The average Bonchev–Trinajstić information content (AvgIpc) is 2.53. The van der Waals surface area contributed by atoms with Gasteiger partial charge in [0.15, 0.2) is 0 Å². The van der Waals surface area contributed by atoms with Crippen molar-refractivity contribution in [2.24, 2.45) is 0 Å². The highest BCUT2D eigenvalue weighted by molar-refractivity contribution is 6.28. The first-order valence-electron chi connectivity index (χ1n) is 6.52. The Labute approximate surface area is 134 Å². The van der Waals surface area contributed by atoms with Crippen LogP contribution in [0.4, 0.5) is 5.69 Å². The Balaban J connectivity index is 2.41. The number of hydrogen-bond donors (Lipinski definition) is 1. The van der Waals surface area contributed by atoms with Gasteiger partial charge in [0, 0.05) is 11.6 Å². The lowest BCUT2D eigenvalue weighted by atomic mass is 10.0. The molecule has 0 aliphatic carbocycles. The predicted molar refractivity (Wildman–Crippen MR) is 86.0 cm³/mol. The maximum absolute atomic E-state index is 12.0. The van der Waals surface area contributed by atoms with Crippen LogP contribution in [0.5, 0.6) is 5.75 Å². The minimum absolute atomic E-state index is 0.123. The van der Waals surface area contributed by atoms with Crippen LogP contribution in [0.15, 0.2) is 41.2 Å². The van der Waals surface area contributed by atoms with E-state index in [2.05, 4.69) is 9.97 Å². The summed E-state index contributed by atoms with van der Waals surface area (Å²) >= 11 is 5.70. The van der Waals surface area contributed by atoms with Crippen LogP contribution in [-0.4, -0.2) is 22.0 Å². The van der Waals surface area contributed by atoms with Gasteiger partial charge in [-0.05, 0) is 23.7 Å². The normalized spacial score (nSPS) is 10.7. The fraction of sp³-hybridized carbons (Fsp3) is 0.0667. The number of aromatic amines is 1. The minimum atomic E-state index is -0.530. The van der Waals surface area contributed by atoms with Crippen molar-refractivity contribution in [2.45, 2.75) is 0 Å². The van der Waals surface area contributed by atoms with Crippen LogP contribution in [0.1, 0.15) is 0 Å². The Morgan fingerprint density at radius 3 is 2.70 bits per heavy atom. The number of fused-ring (bicyclic) bond motifs is 1. The lowest BCUT2D eigenvalue weighted by Crippen LogP contribution is -2.08. The molecule has 1 N–H and O–H groups in total. The number of nitro groups is 1. The van der Waals surface area contributed by atoms with Crippen molar-refractivity contribution in [2.75, 3.05) is 7.11 Å². The van der Waals surface area contributed by atoms with Gasteiger partial charge in [-0.1, -0.05) is 18.2 Å². The minimum Gasteiger partial charge on any atom is -0.496 e. The Hall–Kier alpha value is -2.93. The first-order valence-corrected chi connectivity index (χ1v) is 6.90. The van der Waals surface area contributed by atoms with E-state index in [0.717, 1.165) is 0 Å². The molecule has 116 valence electrons. The van der Waals surface area contributed by atoms with Gasteiger partial charge >= 0.3 is 0 Å². The van der Waals surface area contributed by atoms with Crippen LogP contribution in [0.3, 0.4) is 0 Å². The molecule has 3 aromatic rings. The number of benzene rings is 2. The lowest BCUT2D eigenvalue weighted by molar-refractivity contribution is -0.384. The summed E-state index contributed by atoms with van der Waals surface area (Å²) in [6.45, 7) is 0. The number of aromatic nitrogens is 2. The number of hydrogen-bond acceptors (Lipinski definition) is 5. The van der Waals surface area contributed by atoms with Crippen molar-refractivity contribution < 1.29 is 9.66 Å². The molecule has 0 radical (unpaired) electrons. The monoisotopic (exact) mass is 331 g/mol. The number of para-hydroxylation sites is 1. The van der Waals surface area contributed by atoms with Crippen molar-refractivity contribution in [1.82, 2.24) is 9.97 Å². The number of H-pyrrole nitrogens is 1. The second kappa shape index (κ2) is 5.69. The van der Waals surface area contributed by atoms with E-state index < -0.39 is 10.5 Å².